The zero-order valence-corrected chi connectivity index (χ0v) is 14.6. The highest BCUT2D eigenvalue weighted by atomic mass is 16.6. The van der Waals surface area contributed by atoms with Gasteiger partial charge in [0.25, 0.3) is 5.91 Å². The minimum absolute atomic E-state index is 0.0703. The number of rotatable bonds is 7. The predicted molar refractivity (Wildman–Crippen MR) is 100 cm³/mol. The van der Waals surface area contributed by atoms with Crippen molar-refractivity contribution in [2.75, 3.05) is 17.9 Å². The number of aromatic nitrogens is 3. The first-order valence-corrected chi connectivity index (χ1v) is 7.97. The minimum atomic E-state index is -0.660. The largest absolute Gasteiger partial charge is 0.495 e. The number of benzene rings is 1. The summed E-state index contributed by atoms with van der Waals surface area (Å²) in [5.41, 5.74) is 4.94. The van der Waals surface area contributed by atoms with E-state index in [2.05, 4.69) is 31.1 Å². The Labute approximate surface area is 158 Å². The van der Waals surface area contributed by atoms with Crippen LogP contribution in [0.2, 0.25) is 0 Å². The van der Waals surface area contributed by atoms with Gasteiger partial charge in [-0.25, -0.2) is 9.97 Å². The molecule has 0 aliphatic rings. The van der Waals surface area contributed by atoms with E-state index >= 15 is 0 Å². The van der Waals surface area contributed by atoms with E-state index in [1.165, 1.54) is 19.4 Å². The zero-order chi connectivity index (χ0) is 19.9. The van der Waals surface area contributed by atoms with E-state index in [9.17, 15) is 14.9 Å². The molecule has 0 spiro atoms. The number of carbonyl (C=O) groups excluding carboxylic acids is 1. The maximum Gasteiger partial charge on any atom is 0.355 e. The molecule has 0 fully saturated rings. The lowest BCUT2D eigenvalue weighted by molar-refractivity contribution is -0.383. The summed E-state index contributed by atoms with van der Waals surface area (Å²) in [5.74, 6) is -0.359. The normalized spacial score (nSPS) is 10.0. The van der Waals surface area contributed by atoms with Crippen LogP contribution in [0.3, 0.4) is 0 Å². The Hall–Kier alpha value is -4.28. The quantitative estimate of drug-likeness (QED) is 0.414. The second-order valence-corrected chi connectivity index (χ2v) is 5.30. The minimum Gasteiger partial charge on any atom is -0.495 e. The van der Waals surface area contributed by atoms with E-state index in [0.717, 1.165) is 6.33 Å². The number of nitro groups is 1. The third kappa shape index (κ3) is 4.09. The highest BCUT2D eigenvalue weighted by Gasteiger charge is 2.24. The van der Waals surface area contributed by atoms with Gasteiger partial charge in [0.1, 0.15) is 17.8 Å². The molecule has 142 valence electrons. The van der Waals surface area contributed by atoms with Gasteiger partial charge in [-0.05, 0) is 24.3 Å². The van der Waals surface area contributed by atoms with Crippen molar-refractivity contribution in [3.8, 4) is 5.75 Å². The first-order valence-electron chi connectivity index (χ1n) is 7.97. The van der Waals surface area contributed by atoms with Crippen molar-refractivity contribution in [1.29, 1.82) is 0 Å². The Kier molecular flexibility index (Phi) is 5.55. The number of amides is 1. The molecule has 2 aromatic heterocycles. The molecule has 3 rings (SSSR count). The third-order valence-corrected chi connectivity index (χ3v) is 3.56. The molecule has 0 saturated heterocycles. The summed E-state index contributed by atoms with van der Waals surface area (Å²) in [5, 5.41) is 14.4. The van der Waals surface area contributed by atoms with Gasteiger partial charge in [-0.15, -0.1) is 0 Å². The van der Waals surface area contributed by atoms with Gasteiger partial charge < -0.3 is 10.1 Å². The van der Waals surface area contributed by atoms with Crippen LogP contribution in [0.15, 0.2) is 55.0 Å². The monoisotopic (exact) mass is 381 g/mol. The Morgan fingerprint density at radius 1 is 1.07 bits per heavy atom. The summed E-state index contributed by atoms with van der Waals surface area (Å²) < 4.78 is 5.22. The molecular weight excluding hydrogens is 366 g/mol. The zero-order valence-electron chi connectivity index (χ0n) is 14.6. The Morgan fingerprint density at radius 2 is 1.82 bits per heavy atom. The molecule has 0 aliphatic carbocycles. The molecule has 0 radical (unpaired) electrons. The first-order chi connectivity index (χ1) is 13.6. The topological polar surface area (TPSA) is 144 Å². The van der Waals surface area contributed by atoms with Gasteiger partial charge in [-0.3, -0.25) is 30.7 Å². The number of carbonyl (C=O) groups is 1. The average Bonchev–Trinajstić information content (AvgIpc) is 2.73. The van der Waals surface area contributed by atoms with Crippen molar-refractivity contribution in [1.82, 2.24) is 20.4 Å². The van der Waals surface area contributed by atoms with E-state index in [-0.39, 0.29) is 17.3 Å². The molecule has 11 heteroatoms. The van der Waals surface area contributed by atoms with Crippen molar-refractivity contribution >= 4 is 28.9 Å². The van der Waals surface area contributed by atoms with Crippen LogP contribution in [0, 0.1) is 10.1 Å². The van der Waals surface area contributed by atoms with Gasteiger partial charge in [0, 0.05) is 6.20 Å². The SMILES string of the molecule is COc1ccccc1Nc1ncnc(NNC(=O)c2ccccn2)c1[N+](=O)[O-]. The van der Waals surface area contributed by atoms with E-state index in [4.69, 9.17) is 4.74 Å². The van der Waals surface area contributed by atoms with Crippen molar-refractivity contribution in [2.24, 2.45) is 0 Å². The molecule has 11 nitrogen and oxygen atoms in total. The number of nitrogens with zero attached hydrogens (tertiary/aromatic N) is 4. The molecule has 1 amide bonds. The van der Waals surface area contributed by atoms with Crippen LogP contribution in [-0.4, -0.2) is 32.9 Å². The van der Waals surface area contributed by atoms with Crippen molar-refractivity contribution in [3.05, 3.63) is 70.8 Å². The number of ether oxygens (including phenoxy) is 1. The summed E-state index contributed by atoms with van der Waals surface area (Å²) in [7, 11) is 1.48. The van der Waals surface area contributed by atoms with Gasteiger partial charge in [0.15, 0.2) is 0 Å². The van der Waals surface area contributed by atoms with E-state index < -0.39 is 16.5 Å². The van der Waals surface area contributed by atoms with Gasteiger partial charge in [0.05, 0.1) is 17.7 Å². The van der Waals surface area contributed by atoms with E-state index in [1.54, 1.807) is 36.4 Å². The average molecular weight is 381 g/mol. The molecule has 2 heterocycles. The van der Waals surface area contributed by atoms with Crippen LogP contribution in [0.4, 0.5) is 23.0 Å². The number of hydrogen-bond donors (Lipinski definition) is 3. The second-order valence-electron chi connectivity index (χ2n) is 5.30. The number of hydrogen-bond acceptors (Lipinski definition) is 9. The molecule has 3 aromatic rings. The van der Waals surface area contributed by atoms with Crippen LogP contribution >= 0.6 is 0 Å². The standard InChI is InChI=1S/C17H15N7O4/c1-28-13-8-3-2-6-11(13)21-15-14(24(26)27)16(20-10-19-15)22-23-17(25)12-7-4-5-9-18-12/h2-10H,1H3,(H,23,25)(H2,19,20,21,22). The molecule has 0 aliphatic heterocycles. The van der Waals surface area contributed by atoms with Gasteiger partial charge in [-0.2, -0.15) is 0 Å². The summed E-state index contributed by atoms with van der Waals surface area (Å²) in [4.78, 5) is 34.7. The summed E-state index contributed by atoms with van der Waals surface area (Å²) in [6.45, 7) is 0. The van der Waals surface area contributed by atoms with Crippen LogP contribution in [0.5, 0.6) is 5.75 Å². The van der Waals surface area contributed by atoms with Crippen molar-refractivity contribution < 1.29 is 14.5 Å². The summed E-state index contributed by atoms with van der Waals surface area (Å²) >= 11 is 0. The number of methoxy groups -OCH3 is 1. The highest BCUT2D eigenvalue weighted by Crippen LogP contribution is 2.33. The lowest BCUT2D eigenvalue weighted by Crippen LogP contribution is -2.31. The molecule has 0 saturated carbocycles. The third-order valence-electron chi connectivity index (χ3n) is 3.56. The molecule has 0 bridgehead atoms. The van der Waals surface area contributed by atoms with E-state index in [0.29, 0.717) is 11.4 Å². The molecule has 3 N–H and O–H groups in total. The summed E-state index contributed by atoms with van der Waals surface area (Å²) in [6.07, 6.45) is 2.58. The lowest BCUT2D eigenvalue weighted by atomic mass is 10.3. The molecular formula is C17H15N7O4. The molecule has 0 atom stereocenters. The Bertz CT molecular complexity index is 998. The number of anilines is 3. The second kappa shape index (κ2) is 8.40. The van der Waals surface area contributed by atoms with Crippen LogP contribution < -0.4 is 20.9 Å². The van der Waals surface area contributed by atoms with E-state index in [1.807, 2.05) is 0 Å². The Balaban J connectivity index is 1.85. The number of para-hydroxylation sites is 2. The Morgan fingerprint density at radius 3 is 2.54 bits per heavy atom. The maximum absolute atomic E-state index is 12.1. The molecule has 28 heavy (non-hydrogen) atoms. The van der Waals surface area contributed by atoms with Crippen molar-refractivity contribution in [3.63, 3.8) is 0 Å². The van der Waals surface area contributed by atoms with Gasteiger partial charge in [0.2, 0.25) is 11.6 Å². The molecule has 0 unspecified atom stereocenters. The van der Waals surface area contributed by atoms with Crippen LogP contribution in [0.25, 0.3) is 0 Å². The fourth-order valence-electron chi connectivity index (χ4n) is 2.29. The predicted octanol–water partition coefficient (Wildman–Crippen LogP) is 2.29. The first kappa shape index (κ1) is 18.5. The van der Waals surface area contributed by atoms with Crippen LogP contribution in [-0.2, 0) is 0 Å². The van der Waals surface area contributed by atoms with Crippen LogP contribution in [0.1, 0.15) is 10.5 Å². The molecule has 1 aromatic carbocycles. The van der Waals surface area contributed by atoms with Gasteiger partial charge in [-0.1, -0.05) is 18.2 Å². The highest BCUT2D eigenvalue weighted by molar-refractivity contribution is 5.93. The number of pyridine rings is 1. The summed E-state index contributed by atoms with van der Waals surface area (Å²) in [6, 6.07) is 11.7. The fourth-order valence-corrected chi connectivity index (χ4v) is 2.29. The smallest absolute Gasteiger partial charge is 0.355 e. The fraction of sp³-hybridized carbons (Fsp3) is 0.0588. The van der Waals surface area contributed by atoms with Crippen molar-refractivity contribution in [2.45, 2.75) is 0 Å². The number of nitrogens with one attached hydrogen (secondary N) is 3. The number of hydrazine groups is 1. The van der Waals surface area contributed by atoms with Gasteiger partial charge >= 0.3 is 5.69 Å². The maximum atomic E-state index is 12.1. The lowest BCUT2D eigenvalue weighted by Gasteiger charge is -2.12.